The summed E-state index contributed by atoms with van der Waals surface area (Å²) in [5, 5.41) is 2.60. The van der Waals surface area contributed by atoms with Crippen molar-refractivity contribution in [1.29, 1.82) is 0 Å². The van der Waals surface area contributed by atoms with Crippen molar-refractivity contribution in [3.63, 3.8) is 0 Å². The van der Waals surface area contributed by atoms with Crippen LogP contribution < -0.4 is 10.1 Å². The lowest BCUT2D eigenvalue weighted by atomic mass is 10.1. The molecule has 0 spiro atoms. The van der Waals surface area contributed by atoms with Crippen molar-refractivity contribution in [2.75, 3.05) is 19.8 Å². The lowest BCUT2D eigenvalue weighted by Crippen LogP contribution is -2.45. The van der Waals surface area contributed by atoms with Gasteiger partial charge in [-0.15, -0.1) is 0 Å². The Kier molecular flexibility index (Phi) is 7.60. The summed E-state index contributed by atoms with van der Waals surface area (Å²) in [6.07, 6.45) is -1.62. The number of hydrogen-bond donors (Lipinski definition) is 1. The maximum atomic E-state index is 12.3. The summed E-state index contributed by atoms with van der Waals surface area (Å²) in [5.74, 6) is -0.955. The molecular weight excluding hydrogens is 354 g/mol. The Morgan fingerprint density at radius 3 is 2.26 bits per heavy atom. The normalized spacial score (nSPS) is 18.9. The van der Waals surface area contributed by atoms with Gasteiger partial charge in [-0.05, 0) is 38.5 Å². The molecule has 0 bridgehead atoms. The summed E-state index contributed by atoms with van der Waals surface area (Å²) in [4.78, 5) is 36.1. The summed E-state index contributed by atoms with van der Waals surface area (Å²) < 4.78 is 20.3. The number of nitrogens with one attached hydrogen (secondary N) is 1. The van der Waals surface area contributed by atoms with Gasteiger partial charge in [-0.2, -0.15) is 0 Å². The molecule has 1 aliphatic rings. The first-order valence-electron chi connectivity index (χ1n) is 9.00. The Balaban J connectivity index is 1.99. The highest BCUT2D eigenvalue weighted by Crippen LogP contribution is 2.24. The minimum Gasteiger partial charge on any atom is -0.494 e. The molecule has 1 aromatic carbocycles. The zero-order valence-electron chi connectivity index (χ0n) is 15.7. The van der Waals surface area contributed by atoms with E-state index in [0.29, 0.717) is 6.61 Å². The van der Waals surface area contributed by atoms with Crippen molar-refractivity contribution in [2.45, 2.75) is 45.4 Å². The molecule has 0 unspecified atom stereocenters. The minimum absolute atomic E-state index is 0.194. The van der Waals surface area contributed by atoms with Gasteiger partial charge >= 0.3 is 11.9 Å². The summed E-state index contributed by atoms with van der Waals surface area (Å²) in [5.41, 5.74) is 0.829. The zero-order valence-corrected chi connectivity index (χ0v) is 15.7. The minimum atomic E-state index is -0.943. The second-order valence-corrected chi connectivity index (χ2v) is 5.82. The van der Waals surface area contributed by atoms with E-state index in [1.807, 2.05) is 19.1 Å². The van der Waals surface area contributed by atoms with Crippen LogP contribution in [0.25, 0.3) is 0 Å². The Hall–Kier alpha value is -2.61. The van der Waals surface area contributed by atoms with Gasteiger partial charge in [-0.1, -0.05) is 12.1 Å². The van der Waals surface area contributed by atoms with Crippen molar-refractivity contribution in [3.05, 3.63) is 29.8 Å². The van der Waals surface area contributed by atoms with Gasteiger partial charge in [0.15, 0.2) is 12.2 Å². The molecule has 27 heavy (non-hydrogen) atoms. The monoisotopic (exact) mass is 379 g/mol. The third-order valence-corrected chi connectivity index (χ3v) is 3.83. The molecule has 148 valence electrons. The van der Waals surface area contributed by atoms with Crippen LogP contribution in [0.15, 0.2) is 24.3 Å². The highest BCUT2D eigenvalue weighted by molar-refractivity contribution is 5.94. The van der Waals surface area contributed by atoms with E-state index in [1.54, 1.807) is 26.0 Å². The lowest BCUT2D eigenvalue weighted by Gasteiger charge is -2.17. The zero-order chi connectivity index (χ0) is 19.8. The van der Waals surface area contributed by atoms with E-state index >= 15 is 0 Å². The number of ether oxygens (including phenoxy) is 4. The van der Waals surface area contributed by atoms with Crippen LogP contribution in [-0.4, -0.2) is 55.9 Å². The van der Waals surface area contributed by atoms with Gasteiger partial charge in [0, 0.05) is 6.42 Å². The quantitative estimate of drug-likeness (QED) is 0.478. The number of carbonyl (C=O) groups is 3. The molecule has 1 saturated heterocycles. The van der Waals surface area contributed by atoms with Crippen LogP contribution in [0.2, 0.25) is 0 Å². The van der Waals surface area contributed by atoms with Gasteiger partial charge in [0.25, 0.3) is 5.91 Å². The molecule has 1 aliphatic heterocycles. The largest absolute Gasteiger partial charge is 0.494 e. The van der Waals surface area contributed by atoms with Crippen molar-refractivity contribution < 1.29 is 33.3 Å². The van der Waals surface area contributed by atoms with Crippen LogP contribution in [0, 0.1) is 0 Å². The summed E-state index contributed by atoms with van der Waals surface area (Å²) in [6.45, 7) is 6.21. The summed E-state index contributed by atoms with van der Waals surface area (Å²) >= 11 is 0. The molecule has 0 saturated carbocycles. The third kappa shape index (κ3) is 5.96. The predicted octanol–water partition coefficient (Wildman–Crippen LogP) is 1.01. The first kappa shape index (κ1) is 20.7. The molecule has 8 heteroatoms. The molecule has 0 radical (unpaired) electrons. The predicted molar refractivity (Wildman–Crippen MR) is 95.2 cm³/mol. The Morgan fingerprint density at radius 1 is 1.00 bits per heavy atom. The van der Waals surface area contributed by atoms with Crippen molar-refractivity contribution >= 4 is 17.8 Å². The molecule has 1 heterocycles. The number of hydrogen-bond acceptors (Lipinski definition) is 7. The Morgan fingerprint density at radius 2 is 1.67 bits per heavy atom. The van der Waals surface area contributed by atoms with Gasteiger partial charge in [0.1, 0.15) is 11.8 Å². The van der Waals surface area contributed by atoms with E-state index in [-0.39, 0.29) is 19.6 Å². The number of benzene rings is 1. The fourth-order valence-electron chi connectivity index (χ4n) is 2.53. The molecule has 0 aliphatic carbocycles. The van der Waals surface area contributed by atoms with Gasteiger partial charge in [0.2, 0.25) is 0 Å². The van der Waals surface area contributed by atoms with Gasteiger partial charge in [-0.3, -0.25) is 4.79 Å². The lowest BCUT2D eigenvalue weighted by molar-refractivity contribution is -0.147. The van der Waals surface area contributed by atoms with Gasteiger partial charge in [-0.25, -0.2) is 9.59 Å². The van der Waals surface area contributed by atoms with Crippen LogP contribution in [0.4, 0.5) is 0 Å². The van der Waals surface area contributed by atoms with Crippen molar-refractivity contribution in [2.24, 2.45) is 0 Å². The van der Waals surface area contributed by atoms with E-state index in [4.69, 9.17) is 18.9 Å². The fraction of sp³-hybridized carbons (Fsp3) is 0.526. The summed E-state index contributed by atoms with van der Waals surface area (Å²) in [6, 6.07) is 6.34. The van der Waals surface area contributed by atoms with Crippen LogP contribution in [0.1, 0.15) is 26.3 Å². The van der Waals surface area contributed by atoms with E-state index < -0.39 is 36.1 Å². The Bertz CT molecular complexity index is 659. The topological polar surface area (TPSA) is 103 Å². The Labute approximate surface area is 158 Å². The first-order chi connectivity index (χ1) is 13.0. The van der Waals surface area contributed by atoms with Crippen LogP contribution in [-0.2, 0) is 35.0 Å². The average molecular weight is 379 g/mol. The van der Waals surface area contributed by atoms with Gasteiger partial charge < -0.3 is 24.3 Å². The number of carbonyl (C=O) groups excluding carboxylic acids is 3. The molecule has 3 atom stereocenters. The van der Waals surface area contributed by atoms with E-state index in [2.05, 4.69) is 5.32 Å². The van der Waals surface area contributed by atoms with Crippen molar-refractivity contribution in [1.82, 2.24) is 5.32 Å². The second kappa shape index (κ2) is 9.91. The van der Waals surface area contributed by atoms with Crippen LogP contribution in [0.3, 0.4) is 0 Å². The molecule has 8 nitrogen and oxygen atoms in total. The smallest absolute Gasteiger partial charge is 0.338 e. The molecular formula is C19H25NO7. The molecule has 1 aromatic rings. The third-order valence-electron chi connectivity index (χ3n) is 3.83. The van der Waals surface area contributed by atoms with Gasteiger partial charge in [0.05, 0.1) is 19.8 Å². The van der Waals surface area contributed by atoms with Crippen molar-refractivity contribution in [3.8, 4) is 5.75 Å². The van der Waals surface area contributed by atoms with E-state index in [9.17, 15) is 14.4 Å². The summed E-state index contributed by atoms with van der Waals surface area (Å²) in [7, 11) is 0. The van der Waals surface area contributed by atoms with E-state index in [1.165, 1.54) is 0 Å². The first-order valence-corrected chi connectivity index (χ1v) is 9.00. The highest BCUT2D eigenvalue weighted by Gasteiger charge is 2.52. The molecule has 1 amide bonds. The fourth-order valence-corrected chi connectivity index (χ4v) is 2.53. The number of amides is 1. The number of rotatable bonds is 10. The maximum Gasteiger partial charge on any atom is 0.338 e. The van der Waals surface area contributed by atoms with Crippen LogP contribution in [0.5, 0.6) is 5.75 Å². The second-order valence-electron chi connectivity index (χ2n) is 5.82. The maximum absolute atomic E-state index is 12.3. The molecule has 0 aromatic heterocycles. The highest BCUT2D eigenvalue weighted by atomic mass is 16.6. The SMILES string of the molecule is CCOC(=O)[C@H](Cc1ccc(OCC)cc1)NC(=O)[C@H]1O[C@@H]1C(=O)OCC. The van der Waals surface area contributed by atoms with E-state index in [0.717, 1.165) is 11.3 Å². The number of epoxide rings is 1. The van der Waals surface area contributed by atoms with Crippen LogP contribution >= 0.6 is 0 Å². The average Bonchev–Trinajstić information content (AvgIpc) is 3.44. The molecule has 2 rings (SSSR count). The standard InChI is InChI=1S/C19H25NO7/c1-4-24-13-9-7-12(8-10-13)11-14(18(22)25-5-2)20-17(21)15-16(27-15)19(23)26-6-3/h7-10,14-16H,4-6,11H2,1-3H3,(H,20,21)/t14-,15-,16-/m0/s1. The molecule has 1 fully saturated rings. The number of esters is 2. The molecule has 1 N–H and O–H groups in total.